The van der Waals surface area contributed by atoms with Gasteiger partial charge in [-0.15, -0.1) is 0 Å². The molecule has 1 aliphatic rings. The molecule has 100 valence electrons. The molecule has 4 nitrogen and oxygen atoms in total. The molecule has 0 aromatic carbocycles. The topological polar surface area (TPSA) is 41.6 Å². The van der Waals surface area contributed by atoms with Crippen molar-refractivity contribution >= 4 is 6.09 Å². The lowest BCUT2D eigenvalue weighted by Crippen LogP contribution is -2.43. The van der Waals surface area contributed by atoms with Crippen LogP contribution in [-0.4, -0.2) is 42.3 Å². The van der Waals surface area contributed by atoms with E-state index in [1.807, 2.05) is 13.8 Å². The van der Waals surface area contributed by atoms with Gasteiger partial charge in [-0.05, 0) is 40.0 Å². The van der Waals surface area contributed by atoms with Crippen molar-refractivity contribution in [2.75, 3.05) is 13.1 Å². The molecule has 0 aromatic rings. The van der Waals surface area contributed by atoms with Crippen LogP contribution in [0.25, 0.3) is 0 Å². The van der Waals surface area contributed by atoms with Crippen LogP contribution in [0.1, 0.15) is 47.0 Å². The van der Waals surface area contributed by atoms with E-state index in [1.165, 1.54) is 6.42 Å². The van der Waals surface area contributed by atoms with E-state index >= 15 is 0 Å². The fraction of sp³-hybridized carbons (Fsp3) is 0.923. The predicted octanol–water partition coefficient (Wildman–Crippen LogP) is 2.38. The number of alkyl carbamates (subject to hydrolysis) is 1. The van der Waals surface area contributed by atoms with Crippen LogP contribution in [0.15, 0.2) is 0 Å². The predicted molar refractivity (Wildman–Crippen MR) is 69.1 cm³/mol. The first-order valence-electron chi connectivity index (χ1n) is 6.74. The molecule has 1 atom stereocenters. The van der Waals surface area contributed by atoms with Gasteiger partial charge in [0.05, 0.1) is 0 Å². The molecule has 1 amide bonds. The number of rotatable bonds is 4. The van der Waals surface area contributed by atoms with E-state index in [0.717, 1.165) is 25.9 Å². The zero-order valence-corrected chi connectivity index (χ0v) is 11.5. The molecule has 4 heteroatoms. The normalized spacial score (nSPS) is 20.3. The second kappa shape index (κ2) is 6.84. The van der Waals surface area contributed by atoms with Gasteiger partial charge in [0.1, 0.15) is 6.10 Å². The zero-order valence-electron chi connectivity index (χ0n) is 11.5. The summed E-state index contributed by atoms with van der Waals surface area (Å²) in [5.74, 6) is 0. The van der Waals surface area contributed by atoms with Gasteiger partial charge < -0.3 is 15.0 Å². The van der Waals surface area contributed by atoms with Crippen LogP contribution in [0.4, 0.5) is 4.79 Å². The largest absolute Gasteiger partial charge is 0.446 e. The molecule has 1 aliphatic heterocycles. The molecule has 1 unspecified atom stereocenters. The van der Waals surface area contributed by atoms with Gasteiger partial charge in [0.25, 0.3) is 0 Å². The Morgan fingerprint density at radius 2 is 1.94 bits per heavy atom. The number of carbonyl (C=O) groups is 1. The van der Waals surface area contributed by atoms with Gasteiger partial charge in [0, 0.05) is 25.2 Å². The van der Waals surface area contributed by atoms with E-state index in [2.05, 4.69) is 24.1 Å². The number of hydrogen-bond donors (Lipinski definition) is 1. The first-order valence-corrected chi connectivity index (χ1v) is 6.74. The lowest BCUT2D eigenvalue weighted by atomic mass is 10.1. The first kappa shape index (κ1) is 14.3. The monoisotopic (exact) mass is 242 g/mol. The summed E-state index contributed by atoms with van der Waals surface area (Å²) in [6.45, 7) is 10.4. The Bertz CT molecular complexity index is 236. The Kier molecular flexibility index (Phi) is 5.75. The minimum atomic E-state index is -0.276. The lowest BCUT2D eigenvalue weighted by Gasteiger charge is -2.35. The molecule has 0 bridgehead atoms. The Labute approximate surface area is 105 Å². The van der Waals surface area contributed by atoms with Gasteiger partial charge in [-0.1, -0.05) is 6.92 Å². The molecule has 0 spiro atoms. The Hall–Kier alpha value is -0.770. The van der Waals surface area contributed by atoms with Crippen molar-refractivity contribution < 1.29 is 9.53 Å². The Morgan fingerprint density at radius 3 is 2.41 bits per heavy atom. The SMILES string of the molecule is CCC(C)N1CCC(OC(=O)NC(C)C)CC1. The molecule has 0 radical (unpaired) electrons. The average Bonchev–Trinajstić information content (AvgIpc) is 2.28. The number of nitrogens with one attached hydrogen (secondary N) is 1. The summed E-state index contributed by atoms with van der Waals surface area (Å²) in [5.41, 5.74) is 0. The highest BCUT2D eigenvalue weighted by molar-refractivity contribution is 5.67. The maximum absolute atomic E-state index is 11.4. The summed E-state index contributed by atoms with van der Waals surface area (Å²) < 4.78 is 5.39. The highest BCUT2D eigenvalue weighted by Gasteiger charge is 2.24. The molecule has 17 heavy (non-hydrogen) atoms. The molecule has 0 aliphatic carbocycles. The molecule has 0 saturated carbocycles. The van der Waals surface area contributed by atoms with Gasteiger partial charge in [-0.25, -0.2) is 4.79 Å². The number of likely N-dealkylation sites (tertiary alicyclic amines) is 1. The second-order valence-electron chi connectivity index (χ2n) is 5.20. The summed E-state index contributed by atoms with van der Waals surface area (Å²) in [5, 5.41) is 2.76. The lowest BCUT2D eigenvalue weighted by molar-refractivity contribution is 0.0388. The van der Waals surface area contributed by atoms with E-state index in [0.29, 0.717) is 6.04 Å². The van der Waals surface area contributed by atoms with Crippen LogP contribution in [0.2, 0.25) is 0 Å². The van der Waals surface area contributed by atoms with Crippen molar-refractivity contribution in [3.8, 4) is 0 Å². The number of nitrogens with zero attached hydrogens (tertiary/aromatic N) is 1. The van der Waals surface area contributed by atoms with Crippen LogP contribution in [-0.2, 0) is 4.74 Å². The van der Waals surface area contributed by atoms with Crippen LogP contribution in [0.3, 0.4) is 0 Å². The van der Waals surface area contributed by atoms with Crippen molar-refractivity contribution in [3.05, 3.63) is 0 Å². The molecule has 1 heterocycles. The maximum atomic E-state index is 11.4. The minimum absolute atomic E-state index is 0.0917. The molecular formula is C13H26N2O2. The summed E-state index contributed by atoms with van der Waals surface area (Å²) >= 11 is 0. The van der Waals surface area contributed by atoms with Gasteiger partial charge >= 0.3 is 6.09 Å². The quantitative estimate of drug-likeness (QED) is 0.823. The molecule has 1 rings (SSSR count). The van der Waals surface area contributed by atoms with E-state index < -0.39 is 0 Å². The molecular weight excluding hydrogens is 216 g/mol. The number of amides is 1. The highest BCUT2D eigenvalue weighted by atomic mass is 16.6. The summed E-state index contributed by atoms with van der Waals surface area (Å²) in [7, 11) is 0. The van der Waals surface area contributed by atoms with Gasteiger partial charge in [0.2, 0.25) is 0 Å². The number of hydrogen-bond acceptors (Lipinski definition) is 3. The van der Waals surface area contributed by atoms with Crippen molar-refractivity contribution in [1.82, 2.24) is 10.2 Å². The van der Waals surface area contributed by atoms with E-state index in [-0.39, 0.29) is 18.2 Å². The average molecular weight is 242 g/mol. The summed E-state index contributed by atoms with van der Waals surface area (Å²) in [6, 6.07) is 0.781. The van der Waals surface area contributed by atoms with Gasteiger partial charge in [-0.2, -0.15) is 0 Å². The van der Waals surface area contributed by atoms with E-state index in [9.17, 15) is 4.79 Å². The standard InChI is InChI=1S/C13H26N2O2/c1-5-11(4)15-8-6-12(7-9-15)17-13(16)14-10(2)3/h10-12H,5-9H2,1-4H3,(H,14,16). The number of carbonyl (C=O) groups excluding carboxylic acids is 1. The third kappa shape index (κ3) is 4.94. The smallest absolute Gasteiger partial charge is 0.407 e. The minimum Gasteiger partial charge on any atom is -0.446 e. The van der Waals surface area contributed by atoms with Crippen LogP contribution >= 0.6 is 0 Å². The van der Waals surface area contributed by atoms with Crippen LogP contribution < -0.4 is 5.32 Å². The Balaban J connectivity index is 2.25. The van der Waals surface area contributed by atoms with Crippen molar-refractivity contribution in [3.63, 3.8) is 0 Å². The van der Waals surface area contributed by atoms with Crippen molar-refractivity contribution in [2.24, 2.45) is 0 Å². The first-order chi connectivity index (χ1) is 8.02. The maximum Gasteiger partial charge on any atom is 0.407 e. The zero-order chi connectivity index (χ0) is 12.8. The number of ether oxygens (including phenoxy) is 1. The summed E-state index contributed by atoms with van der Waals surface area (Å²) in [4.78, 5) is 13.9. The van der Waals surface area contributed by atoms with Crippen LogP contribution in [0, 0.1) is 0 Å². The van der Waals surface area contributed by atoms with Crippen molar-refractivity contribution in [1.29, 1.82) is 0 Å². The van der Waals surface area contributed by atoms with Crippen LogP contribution in [0.5, 0.6) is 0 Å². The molecule has 1 saturated heterocycles. The van der Waals surface area contributed by atoms with Crippen molar-refractivity contribution in [2.45, 2.75) is 65.1 Å². The Morgan fingerprint density at radius 1 is 1.35 bits per heavy atom. The van der Waals surface area contributed by atoms with E-state index in [4.69, 9.17) is 4.74 Å². The molecule has 0 aromatic heterocycles. The van der Waals surface area contributed by atoms with E-state index in [1.54, 1.807) is 0 Å². The number of piperidine rings is 1. The molecule has 1 N–H and O–H groups in total. The third-order valence-electron chi connectivity index (χ3n) is 3.37. The fourth-order valence-electron chi connectivity index (χ4n) is 2.11. The van der Waals surface area contributed by atoms with Gasteiger partial charge in [-0.3, -0.25) is 0 Å². The highest BCUT2D eigenvalue weighted by Crippen LogP contribution is 2.17. The van der Waals surface area contributed by atoms with Gasteiger partial charge in [0.15, 0.2) is 0 Å². The fourth-order valence-corrected chi connectivity index (χ4v) is 2.11. The second-order valence-corrected chi connectivity index (χ2v) is 5.20. The summed E-state index contributed by atoms with van der Waals surface area (Å²) in [6.07, 6.45) is 2.90. The molecule has 1 fully saturated rings. The third-order valence-corrected chi connectivity index (χ3v) is 3.37.